The summed E-state index contributed by atoms with van der Waals surface area (Å²) < 4.78 is 0. The van der Waals surface area contributed by atoms with Gasteiger partial charge in [-0.25, -0.2) is 4.79 Å². The number of hydrogen-bond acceptors (Lipinski definition) is 3. The van der Waals surface area contributed by atoms with E-state index >= 15 is 0 Å². The first-order valence-corrected chi connectivity index (χ1v) is 6.42. The Labute approximate surface area is 112 Å². The van der Waals surface area contributed by atoms with Gasteiger partial charge in [-0.1, -0.05) is 18.2 Å². The Bertz CT molecular complexity index is 487. The SMILES string of the molecule is CNCCCC(=O)N1c2ccccc2C[C@H]1C(=O)O. The van der Waals surface area contributed by atoms with Gasteiger partial charge >= 0.3 is 5.97 Å². The Morgan fingerprint density at radius 3 is 2.84 bits per heavy atom. The number of aliphatic carboxylic acids is 1. The molecule has 0 aliphatic carbocycles. The third-order valence-corrected chi connectivity index (χ3v) is 3.35. The molecule has 5 heteroatoms. The quantitative estimate of drug-likeness (QED) is 0.778. The molecular weight excluding hydrogens is 244 g/mol. The first kappa shape index (κ1) is 13.5. The lowest BCUT2D eigenvalue weighted by atomic mass is 10.1. The van der Waals surface area contributed by atoms with Crippen LogP contribution in [0.25, 0.3) is 0 Å². The van der Waals surface area contributed by atoms with Gasteiger partial charge in [0.2, 0.25) is 5.91 Å². The van der Waals surface area contributed by atoms with Crippen LogP contribution in [0.3, 0.4) is 0 Å². The molecule has 2 rings (SSSR count). The van der Waals surface area contributed by atoms with Crippen molar-refractivity contribution in [3.05, 3.63) is 29.8 Å². The normalized spacial score (nSPS) is 17.3. The van der Waals surface area contributed by atoms with Crippen molar-refractivity contribution >= 4 is 17.6 Å². The number of hydrogen-bond donors (Lipinski definition) is 2. The lowest BCUT2D eigenvalue weighted by molar-refractivity contribution is -0.139. The fourth-order valence-corrected chi connectivity index (χ4v) is 2.43. The van der Waals surface area contributed by atoms with Gasteiger partial charge < -0.3 is 10.4 Å². The fraction of sp³-hybridized carbons (Fsp3) is 0.429. The van der Waals surface area contributed by atoms with Crippen LogP contribution in [0.15, 0.2) is 24.3 Å². The van der Waals surface area contributed by atoms with Gasteiger partial charge in [-0.2, -0.15) is 0 Å². The largest absolute Gasteiger partial charge is 0.480 e. The summed E-state index contributed by atoms with van der Waals surface area (Å²) in [5.41, 5.74) is 1.67. The molecule has 0 saturated heterocycles. The molecule has 1 aliphatic heterocycles. The molecule has 1 aromatic carbocycles. The smallest absolute Gasteiger partial charge is 0.327 e. The molecule has 1 aromatic rings. The van der Waals surface area contributed by atoms with Crippen molar-refractivity contribution in [2.24, 2.45) is 0 Å². The molecular formula is C14H18N2O3. The highest BCUT2D eigenvalue weighted by Crippen LogP contribution is 2.32. The van der Waals surface area contributed by atoms with E-state index in [0.717, 1.165) is 17.8 Å². The molecule has 0 fully saturated rings. The molecule has 0 saturated carbocycles. The maximum absolute atomic E-state index is 12.2. The van der Waals surface area contributed by atoms with E-state index < -0.39 is 12.0 Å². The molecule has 0 bridgehead atoms. The second-order valence-electron chi connectivity index (χ2n) is 4.66. The van der Waals surface area contributed by atoms with Gasteiger partial charge in [0.15, 0.2) is 0 Å². The van der Waals surface area contributed by atoms with Crippen LogP contribution in [-0.4, -0.2) is 36.6 Å². The average molecular weight is 262 g/mol. The number of rotatable bonds is 5. The molecule has 0 aromatic heterocycles. The topological polar surface area (TPSA) is 69.6 Å². The summed E-state index contributed by atoms with van der Waals surface area (Å²) in [6.45, 7) is 0.749. The van der Waals surface area contributed by atoms with Crippen LogP contribution in [0, 0.1) is 0 Å². The maximum atomic E-state index is 12.2. The molecule has 1 aliphatic rings. The number of carboxylic acids is 1. The van der Waals surface area contributed by atoms with Crippen LogP contribution in [0.1, 0.15) is 18.4 Å². The summed E-state index contributed by atoms with van der Waals surface area (Å²) in [6.07, 6.45) is 1.46. The number of para-hydroxylation sites is 1. The second kappa shape index (κ2) is 5.84. The van der Waals surface area contributed by atoms with Crippen molar-refractivity contribution in [2.45, 2.75) is 25.3 Å². The summed E-state index contributed by atoms with van der Waals surface area (Å²) in [7, 11) is 1.83. The minimum atomic E-state index is -0.946. The van der Waals surface area contributed by atoms with E-state index in [9.17, 15) is 14.7 Å². The molecule has 19 heavy (non-hydrogen) atoms. The zero-order valence-electron chi connectivity index (χ0n) is 10.9. The predicted octanol–water partition coefficient (Wildman–Crippen LogP) is 1.03. The third kappa shape index (κ3) is 2.76. The lowest BCUT2D eigenvalue weighted by Gasteiger charge is -2.22. The number of benzene rings is 1. The number of nitrogens with one attached hydrogen (secondary N) is 1. The maximum Gasteiger partial charge on any atom is 0.327 e. The number of carboxylic acid groups (broad SMARTS) is 1. The molecule has 1 amide bonds. The molecule has 5 nitrogen and oxygen atoms in total. The summed E-state index contributed by atoms with van der Waals surface area (Å²) in [6, 6.07) is 6.63. The van der Waals surface area contributed by atoms with E-state index in [1.807, 2.05) is 31.3 Å². The predicted molar refractivity (Wildman–Crippen MR) is 72.2 cm³/mol. The van der Waals surface area contributed by atoms with E-state index in [0.29, 0.717) is 19.3 Å². The summed E-state index contributed by atoms with van der Waals surface area (Å²) in [5, 5.41) is 12.2. The number of carbonyl (C=O) groups is 2. The molecule has 0 unspecified atom stereocenters. The van der Waals surface area contributed by atoms with Crippen LogP contribution in [0.5, 0.6) is 0 Å². The summed E-state index contributed by atoms with van der Waals surface area (Å²) >= 11 is 0. The van der Waals surface area contributed by atoms with Gasteiger partial charge in [-0.05, 0) is 31.6 Å². The molecule has 0 spiro atoms. The summed E-state index contributed by atoms with van der Waals surface area (Å²) in [5.74, 6) is -1.06. The minimum Gasteiger partial charge on any atom is -0.480 e. The zero-order chi connectivity index (χ0) is 13.8. The second-order valence-corrected chi connectivity index (χ2v) is 4.66. The van der Waals surface area contributed by atoms with Gasteiger partial charge in [0.25, 0.3) is 0 Å². The molecule has 1 atom stereocenters. The van der Waals surface area contributed by atoms with Gasteiger partial charge in [0.1, 0.15) is 6.04 Å². The van der Waals surface area contributed by atoms with E-state index in [2.05, 4.69) is 5.32 Å². The van der Waals surface area contributed by atoms with Crippen molar-refractivity contribution < 1.29 is 14.7 Å². The van der Waals surface area contributed by atoms with E-state index in [-0.39, 0.29) is 5.91 Å². The molecule has 102 valence electrons. The number of fused-ring (bicyclic) bond motifs is 1. The van der Waals surface area contributed by atoms with Crippen LogP contribution in [0.2, 0.25) is 0 Å². The van der Waals surface area contributed by atoms with Crippen molar-refractivity contribution in [3.8, 4) is 0 Å². The Morgan fingerprint density at radius 1 is 1.42 bits per heavy atom. The van der Waals surface area contributed by atoms with Crippen molar-refractivity contribution in [2.75, 3.05) is 18.5 Å². The highest BCUT2D eigenvalue weighted by Gasteiger charge is 2.37. The Balaban J connectivity index is 2.19. The van der Waals surface area contributed by atoms with Crippen molar-refractivity contribution in [3.63, 3.8) is 0 Å². The van der Waals surface area contributed by atoms with Crippen LogP contribution in [0.4, 0.5) is 5.69 Å². The monoisotopic (exact) mass is 262 g/mol. The fourth-order valence-electron chi connectivity index (χ4n) is 2.43. The minimum absolute atomic E-state index is 0.118. The van der Waals surface area contributed by atoms with Gasteiger partial charge in [-0.15, -0.1) is 0 Å². The van der Waals surface area contributed by atoms with Crippen LogP contribution in [-0.2, 0) is 16.0 Å². The first-order valence-electron chi connectivity index (χ1n) is 6.42. The van der Waals surface area contributed by atoms with Crippen LogP contribution >= 0.6 is 0 Å². The number of amides is 1. The average Bonchev–Trinajstić information content (AvgIpc) is 2.78. The Hall–Kier alpha value is -1.88. The highest BCUT2D eigenvalue weighted by molar-refractivity contribution is 6.01. The Morgan fingerprint density at radius 2 is 2.16 bits per heavy atom. The lowest BCUT2D eigenvalue weighted by Crippen LogP contribution is -2.42. The van der Waals surface area contributed by atoms with E-state index in [1.165, 1.54) is 4.90 Å². The van der Waals surface area contributed by atoms with Gasteiger partial charge in [-0.3, -0.25) is 9.69 Å². The number of carbonyl (C=O) groups excluding carboxylic acids is 1. The Kier molecular flexibility index (Phi) is 4.16. The number of nitrogens with zero attached hydrogens (tertiary/aromatic N) is 1. The van der Waals surface area contributed by atoms with Crippen LogP contribution < -0.4 is 10.2 Å². The van der Waals surface area contributed by atoms with Gasteiger partial charge in [0, 0.05) is 18.5 Å². The van der Waals surface area contributed by atoms with E-state index in [4.69, 9.17) is 0 Å². The molecule has 1 heterocycles. The van der Waals surface area contributed by atoms with Crippen molar-refractivity contribution in [1.29, 1.82) is 0 Å². The van der Waals surface area contributed by atoms with Gasteiger partial charge in [0.05, 0.1) is 0 Å². The van der Waals surface area contributed by atoms with E-state index in [1.54, 1.807) is 0 Å². The molecule has 0 radical (unpaired) electrons. The first-order chi connectivity index (χ1) is 9.15. The number of anilines is 1. The third-order valence-electron chi connectivity index (χ3n) is 3.35. The zero-order valence-corrected chi connectivity index (χ0v) is 10.9. The standard InChI is InChI=1S/C14H18N2O3/c1-15-8-4-7-13(17)16-11-6-3-2-5-10(11)9-12(16)14(18)19/h2-3,5-6,12,15H,4,7-9H2,1H3,(H,18,19)/t12-/m0/s1. The summed E-state index contributed by atoms with van der Waals surface area (Å²) in [4.78, 5) is 25.0. The van der Waals surface area contributed by atoms with Crippen molar-refractivity contribution in [1.82, 2.24) is 5.32 Å². The highest BCUT2D eigenvalue weighted by atomic mass is 16.4. The molecule has 2 N–H and O–H groups in total.